The lowest BCUT2D eigenvalue weighted by atomic mass is 9.76. The summed E-state index contributed by atoms with van der Waals surface area (Å²) >= 11 is 0. The Morgan fingerprint density at radius 2 is 1.64 bits per heavy atom. The summed E-state index contributed by atoms with van der Waals surface area (Å²) in [6.45, 7) is 0.282. The third-order valence-corrected chi connectivity index (χ3v) is 5.82. The van der Waals surface area contributed by atoms with E-state index in [0.717, 1.165) is 29.0 Å². The molecule has 4 nitrogen and oxygen atoms in total. The summed E-state index contributed by atoms with van der Waals surface area (Å²) in [6.07, 6.45) is 0.915. The zero-order chi connectivity index (χ0) is 18.7. The van der Waals surface area contributed by atoms with Crippen molar-refractivity contribution in [1.82, 2.24) is 4.98 Å². The molecule has 136 valence electrons. The first-order chi connectivity index (χ1) is 13.8. The van der Waals surface area contributed by atoms with Crippen molar-refractivity contribution < 1.29 is 9.47 Å². The molecule has 4 heteroatoms. The molecule has 6 rings (SSSR count). The van der Waals surface area contributed by atoms with Gasteiger partial charge in [-0.2, -0.15) is 0 Å². The van der Waals surface area contributed by atoms with E-state index >= 15 is 0 Å². The van der Waals surface area contributed by atoms with Crippen LogP contribution in [0.25, 0.3) is 22.0 Å². The number of aromatic nitrogens is 1. The predicted molar refractivity (Wildman–Crippen MR) is 110 cm³/mol. The summed E-state index contributed by atoms with van der Waals surface area (Å²) < 4.78 is 11.1. The average molecular weight is 366 g/mol. The molecule has 28 heavy (non-hydrogen) atoms. The van der Waals surface area contributed by atoms with Crippen molar-refractivity contribution in [2.24, 2.45) is 0 Å². The number of rotatable bonds is 1. The van der Waals surface area contributed by atoms with E-state index in [-0.39, 0.29) is 12.7 Å². The Bertz CT molecular complexity index is 1250. The van der Waals surface area contributed by atoms with E-state index in [1.165, 1.54) is 27.6 Å². The minimum absolute atomic E-state index is 0.178. The van der Waals surface area contributed by atoms with Crippen LogP contribution in [0.2, 0.25) is 0 Å². The van der Waals surface area contributed by atoms with Gasteiger partial charge < -0.3 is 15.2 Å². The molecule has 1 aromatic heterocycles. The smallest absolute Gasteiger partial charge is 0.231 e. The number of nitrogens with two attached hydrogens (primary N) is 1. The predicted octanol–water partition coefficient (Wildman–Crippen LogP) is 4.90. The van der Waals surface area contributed by atoms with Gasteiger partial charge in [-0.3, -0.25) is 0 Å². The molecule has 4 aromatic rings. The number of nitrogens with zero attached hydrogens (tertiary/aromatic N) is 1. The highest BCUT2D eigenvalue weighted by atomic mass is 16.7. The Kier molecular flexibility index (Phi) is 3.18. The molecule has 0 spiro atoms. The molecular formula is C24H18N2O2. The fraction of sp³-hybridized carbons (Fsp3) is 0.125. The molecule has 0 amide bonds. The van der Waals surface area contributed by atoms with Crippen LogP contribution in [-0.4, -0.2) is 11.8 Å². The van der Waals surface area contributed by atoms with E-state index in [2.05, 4.69) is 54.6 Å². The highest BCUT2D eigenvalue weighted by molar-refractivity contribution is 5.98. The lowest BCUT2D eigenvalue weighted by molar-refractivity contribution is 0.174. The third kappa shape index (κ3) is 2.15. The maximum Gasteiger partial charge on any atom is 0.231 e. The standard InChI is InChI=1S/C24H18N2O2/c25-24-18-8-4-3-7-17(18)22-19(15-9-10-20-21(12-15)28-13-27-20)11-14-5-1-2-6-16(14)23(22)26-24/h1-10,12,19H,11,13H2,(H2,25,26)/t19-/m1/s1. The molecule has 1 atom stereocenters. The van der Waals surface area contributed by atoms with Crippen molar-refractivity contribution in [2.45, 2.75) is 12.3 Å². The van der Waals surface area contributed by atoms with Crippen molar-refractivity contribution in [1.29, 1.82) is 0 Å². The van der Waals surface area contributed by atoms with Gasteiger partial charge in [0.15, 0.2) is 11.5 Å². The van der Waals surface area contributed by atoms with E-state index < -0.39 is 0 Å². The van der Waals surface area contributed by atoms with E-state index in [1.807, 2.05) is 12.1 Å². The minimum Gasteiger partial charge on any atom is -0.454 e. The second kappa shape index (κ2) is 5.73. The lowest BCUT2D eigenvalue weighted by Crippen LogP contribution is -2.15. The summed E-state index contributed by atoms with van der Waals surface area (Å²) in [7, 11) is 0. The molecule has 0 saturated heterocycles. The Labute approximate surface area is 162 Å². The number of nitrogen functional groups attached to an aromatic ring is 1. The van der Waals surface area contributed by atoms with E-state index in [0.29, 0.717) is 5.82 Å². The zero-order valence-corrected chi connectivity index (χ0v) is 15.2. The summed E-state index contributed by atoms with van der Waals surface area (Å²) in [5.41, 5.74) is 12.2. The van der Waals surface area contributed by atoms with Crippen LogP contribution in [0.15, 0.2) is 66.7 Å². The molecule has 0 unspecified atom stereocenters. The largest absolute Gasteiger partial charge is 0.454 e. The molecule has 0 saturated carbocycles. The van der Waals surface area contributed by atoms with Gasteiger partial charge in [0.05, 0.1) is 5.69 Å². The van der Waals surface area contributed by atoms with Gasteiger partial charge in [0, 0.05) is 16.9 Å². The van der Waals surface area contributed by atoms with Gasteiger partial charge in [0.25, 0.3) is 0 Å². The normalized spacial score (nSPS) is 16.6. The first kappa shape index (κ1) is 15.5. The van der Waals surface area contributed by atoms with Gasteiger partial charge in [-0.25, -0.2) is 4.98 Å². The van der Waals surface area contributed by atoms with Gasteiger partial charge in [-0.1, -0.05) is 54.6 Å². The topological polar surface area (TPSA) is 57.4 Å². The molecule has 2 N–H and O–H groups in total. The summed E-state index contributed by atoms with van der Waals surface area (Å²) in [5.74, 6) is 2.37. The van der Waals surface area contributed by atoms with Gasteiger partial charge in [-0.15, -0.1) is 0 Å². The SMILES string of the molecule is Nc1nc2c(c3ccccc13)[C@@H](c1ccc3c(c1)OCO3)Cc1ccccc1-2. The van der Waals surface area contributed by atoms with Crippen LogP contribution in [0.1, 0.15) is 22.6 Å². The quantitative estimate of drug-likeness (QED) is 0.520. The van der Waals surface area contributed by atoms with Crippen LogP contribution in [0.4, 0.5) is 5.82 Å². The van der Waals surface area contributed by atoms with Gasteiger partial charge in [0.2, 0.25) is 6.79 Å². The first-order valence-corrected chi connectivity index (χ1v) is 9.45. The maximum absolute atomic E-state index is 6.35. The number of hydrogen-bond donors (Lipinski definition) is 1. The van der Waals surface area contributed by atoms with Gasteiger partial charge >= 0.3 is 0 Å². The Morgan fingerprint density at radius 3 is 2.57 bits per heavy atom. The van der Waals surface area contributed by atoms with Crippen molar-refractivity contribution in [3.63, 3.8) is 0 Å². The number of anilines is 1. The Hall–Kier alpha value is -3.53. The van der Waals surface area contributed by atoms with E-state index in [9.17, 15) is 0 Å². The van der Waals surface area contributed by atoms with Crippen LogP contribution in [0.3, 0.4) is 0 Å². The molecule has 0 radical (unpaired) electrons. The zero-order valence-electron chi connectivity index (χ0n) is 15.2. The van der Waals surface area contributed by atoms with Gasteiger partial charge in [0.1, 0.15) is 5.82 Å². The molecular weight excluding hydrogens is 348 g/mol. The number of hydrogen-bond acceptors (Lipinski definition) is 4. The van der Waals surface area contributed by atoms with E-state index in [1.54, 1.807) is 0 Å². The van der Waals surface area contributed by atoms with Crippen LogP contribution < -0.4 is 15.2 Å². The van der Waals surface area contributed by atoms with Crippen molar-refractivity contribution in [2.75, 3.05) is 12.5 Å². The maximum atomic E-state index is 6.35. The molecule has 2 aliphatic rings. The minimum atomic E-state index is 0.178. The fourth-order valence-corrected chi connectivity index (χ4v) is 4.53. The first-order valence-electron chi connectivity index (χ1n) is 9.45. The Balaban J connectivity index is 1.66. The number of fused-ring (bicyclic) bond motifs is 6. The molecule has 1 aliphatic heterocycles. The Morgan fingerprint density at radius 1 is 0.857 bits per heavy atom. The van der Waals surface area contributed by atoms with Crippen LogP contribution in [0.5, 0.6) is 11.5 Å². The monoisotopic (exact) mass is 366 g/mol. The van der Waals surface area contributed by atoms with E-state index in [4.69, 9.17) is 20.2 Å². The molecule has 0 fully saturated rings. The second-order valence-electron chi connectivity index (χ2n) is 7.33. The third-order valence-electron chi connectivity index (χ3n) is 5.82. The molecule has 2 heterocycles. The fourth-order valence-electron chi connectivity index (χ4n) is 4.53. The number of benzene rings is 3. The van der Waals surface area contributed by atoms with Crippen molar-refractivity contribution >= 4 is 16.6 Å². The summed E-state index contributed by atoms with van der Waals surface area (Å²) in [6, 6.07) is 23.0. The van der Waals surface area contributed by atoms with Crippen LogP contribution in [-0.2, 0) is 6.42 Å². The van der Waals surface area contributed by atoms with Crippen LogP contribution >= 0.6 is 0 Å². The van der Waals surface area contributed by atoms with Crippen LogP contribution in [0, 0.1) is 0 Å². The van der Waals surface area contributed by atoms with Crippen molar-refractivity contribution in [3.05, 3.63) is 83.4 Å². The number of pyridine rings is 1. The van der Waals surface area contributed by atoms with Crippen molar-refractivity contribution in [3.8, 4) is 22.8 Å². The van der Waals surface area contributed by atoms with Gasteiger partial charge in [-0.05, 0) is 40.6 Å². The molecule has 0 bridgehead atoms. The number of ether oxygens (including phenoxy) is 2. The average Bonchev–Trinajstić information content (AvgIpc) is 3.21. The summed E-state index contributed by atoms with van der Waals surface area (Å²) in [4.78, 5) is 4.85. The second-order valence-corrected chi connectivity index (χ2v) is 7.33. The highest BCUT2D eigenvalue weighted by Gasteiger charge is 2.30. The highest BCUT2D eigenvalue weighted by Crippen LogP contribution is 2.47. The summed E-state index contributed by atoms with van der Waals surface area (Å²) in [5, 5.41) is 2.17. The molecule has 1 aliphatic carbocycles. The lowest BCUT2D eigenvalue weighted by Gasteiger charge is -2.29. The molecule has 3 aromatic carbocycles.